The molecule has 0 fully saturated rings. The van der Waals surface area contributed by atoms with Crippen LogP contribution in [-0.4, -0.2) is 4.57 Å². The quantitative estimate of drug-likeness (QED) is 0.209. The monoisotopic (exact) mass is 516 g/mol. The first-order valence-corrected chi connectivity index (χ1v) is 13.7. The molecule has 1 heterocycles. The molecule has 0 aliphatic carbocycles. The first-order valence-electron chi connectivity index (χ1n) is 13.7. The number of para-hydroxylation sites is 3. The molecule has 0 amide bonds. The maximum absolute atomic E-state index is 4.49. The maximum Gasteiger partial charge on any atom is 0.0541 e. The molecule has 6 rings (SSSR count). The van der Waals surface area contributed by atoms with Crippen molar-refractivity contribution < 1.29 is 0 Å². The number of benzene rings is 5. The van der Waals surface area contributed by atoms with E-state index in [0.29, 0.717) is 0 Å². The summed E-state index contributed by atoms with van der Waals surface area (Å²) in [7, 11) is 0. The van der Waals surface area contributed by atoms with Crippen LogP contribution in [0, 0.1) is 6.92 Å². The van der Waals surface area contributed by atoms with Gasteiger partial charge in [0.25, 0.3) is 0 Å². The Morgan fingerprint density at radius 2 is 1.48 bits per heavy atom. The number of allylic oxidation sites excluding steroid dienone is 5. The van der Waals surface area contributed by atoms with Gasteiger partial charge in [-0.05, 0) is 90.7 Å². The van der Waals surface area contributed by atoms with E-state index in [4.69, 9.17) is 0 Å². The highest BCUT2D eigenvalue weighted by atomic mass is 15.0. The molecule has 0 radical (unpaired) electrons. The molecule has 2 nitrogen and oxygen atoms in total. The lowest BCUT2D eigenvalue weighted by Crippen LogP contribution is -1.95. The van der Waals surface area contributed by atoms with Gasteiger partial charge in [-0.15, -0.1) is 0 Å². The van der Waals surface area contributed by atoms with E-state index in [9.17, 15) is 0 Å². The Labute approximate surface area is 236 Å². The number of anilines is 2. The Balaban J connectivity index is 1.43. The van der Waals surface area contributed by atoms with Gasteiger partial charge in [-0.25, -0.2) is 0 Å². The predicted molar refractivity (Wildman–Crippen MR) is 174 cm³/mol. The van der Waals surface area contributed by atoms with Crippen LogP contribution in [0.4, 0.5) is 11.4 Å². The van der Waals surface area contributed by atoms with Crippen molar-refractivity contribution in [2.45, 2.75) is 13.8 Å². The molecule has 0 saturated carbocycles. The molecule has 2 heteroatoms. The normalized spacial score (nSPS) is 11.9. The zero-order chi connectivity index (χ0) is 27.5. The largest absolute Gasteiger partial charge is 0.355 e. The fraction of sp³-hybridized carbons (Fsp3) is 0.0526. The zero-order valence-corrected chi connectivity index (χ0v) is 22.9. The number of nitrogens with zero attached hydrogens (tertiary/aromatic N) is 1. The molecule has 0 aliphatic rings. The van der Waals surface area contributed by atoms with Crippen LogP contribution < -0.4 is 5.32 Å². The van der Waals surface area contributed by atoms with Crippen molar-refractivity contribution in [1.29, 1.82) is 0 Å². The van der Waals surface area contributed by atoms with Crippen LogP contribution in [0.3, 0.4) is 0 Å². The lowest BCUT2D eigenvalue weighted by atomic mass is 9.97. The van der Waals surface area contributed by atoms with E-state index < -0.39 is 0 Å². The second kappa shape index (κ2) is 11.0. The van der Waals surface area contributed by atoms with Gasteiger partial charge in [0, 0.05) is 33.4 Å². The van der Waals surface area contributed by atoms with Crippen molar-refractivity contribution in [2.75, 3.05) is 5.32 Å². The SMILES string of the molecule is C=C(/C=C(\C=CC)c1ccc2c(c1)c1ccccc1n2-c1ccccc1)c1ccccc1Nc1cccc(C)c1. The number of rotatable bonds is 7. The highest BCUT2D eigenvalue weighted by Gasteiger charge is 2.13. The fourth-order valence-electron chi connectivity index (χ4n) is 5.43. The number of hydrogen-bond acceptors (Lipinski definition) is 1. The Morgan fingerprint density at radius 1 is 0.725 bits per heavy atom. The Kier molecular flexibility index (Phi) is 6.91. The van der Waals surface area contributed by atoms with Crippen LogP contribution in [0.25, 0.3) is 38.6 Å². The van der Waals surface area contributed by atoms with E-state index in [-0.39, 0.29) is 0 Å². The van der Waals surface area contributed by atoms with Gasteiger partial charge in [-0.1, -0.05) is 91.5 Å². The van der Waals surface area contributed by atoms with Crippen molar-refractivity contribution in [3.63, 3.8) is 0 Å². The fourth-order valence-corrected chi connectivity index (χ4v) is 5.43. The van der Waals surface area contributed by atoms with Crippen LogP contribution in [0.5, 0.6) is 0 Å². The second-order valence-corrected chi connectivity index (χ2v) is 10.1. The number of hydrogen-bond donors (Lipinski definition) is 1. The summed E-state index contributed by atoms with van der Waals surface area (Å²) in [5.74, 6) is 0. The molecule has 0 atom stereocenters. The van der Waals surface area contributed by atoms with Crippen molar-refractivity contribution in [2.24, 2.45) is 0 Å². The molecular weight excluding hydrogens is 484 g/mol. The third-order valence-corrected chi connectivity index (χ3v) is 7.27. The molecule has 40 heavy (non-hydrogen) atoms. The minimum Gasteiger partial charge on any atom is -0.355 e. The Bertz CT molecular complexity index is 1900. The van der Waals surface area contributed by atoms with Gasteiger partial charge in [-0.3, -0.25) is 0 Å². The molecule has 1 N–H and O–H groups in total. The third kappa shape index (κ3) is 4.88. The molecule has 0 unspecified atom stereocenters. The molecule has 0 spiro atoms. The lowest BCUT2D eigenvalue weighted by molar-refractivity contribution is 1.18. The van der Waals surface area contributed by atoms with Gasteiger partial charge in [0.05, 0.1) is 11.0 Å². The Hall–Kier alpha value is -5.08. The van der Waals surface area contributed by atoms with Gasteiger partial charge in [0.15, 0.2) is 0 Å². The number of fused-ring (bicyclic) bond motifs is 3. The van der Waals surface area contributed by atoms with Gasteiger partial charge in [-0.2, -0.15) is 0 Å². The smallest absolute Gasteiger partial charge is 0.0541 e. The van der Waals surface area contributed by atoms with E-state index in [1.165, 1.54) is 27.4 Å². The molecular formula is C38H32N2. The van der Waals surface area contributed by atoms with Crippen LogP contribution in [-0.2, 0) is 0 Å². The van der Waals surface area contributed by atoms with Gasteiger partial charge >= 0.3 is 0 Å². The molecule has 0 saturated heterocycles. The molecule has 5 aromatic carbocycles. The van der Waals surface area contributed by atoms with Crippen LogP contribution in [0.1, 0.15) is 23.6 Å². The van der Waals surface area contributed by atoms with Crippen molar-refractivity contribution in [3.05, 3.63) is 163 Å². The number of aryl methyl sites for hydroxylation is 1. The van der Waals surface area contributed by atoms with Gasteiger partial charge in [0.1, 0.15) is 0 Å². The highest BCUT2D eigenvalue weighted by molar-refractivity contribution is 6.10. The third-order valence-electron chi connectivity index (χ3n) is 7.27. The van der Waals surface area contributed by atoms with E-state index in [2.05, 4.69) is 170 Å². The summed E-state index contributed by atoms with van der Waals surface area (Å²) < 4.78 is 2.35. The average molecular weight is 517 g/mol. The standard InChI is InChI=1S/C38H32N2/c1-4-13-29(25-28(3)33-18-8-10-20-36(33)39-31-15-12-14-27(2)24-31)30-22-23-38-35(26-30)34-19-9-11-21-37(34)40(38)32-16-6-5-7-17-32/h4-26,39H,3H2,1-2H3/b13-4?,29-25+. The topological polar surface area (TPSA) is 17.0 Å². The summed E-state index contributed by atoms with van der Waals surface area (Å²) in [4.78, 5) is 0. The first-order chi connectivity index (χ1) is 19.6. The first kappa shape index (κ1) is 25.2. The van der Waals surface area contributed by atoms with E-state index in [1.807, 2.05) is 0 Å². The summed E-state index contributed by atoms with van der Waals surface area (Å²) >= 11 is 0. The summed E-state index contributed by atoms with van der Waals surface area (Å²) in [5.41, 5.74) is 11.2. The molecule has 1 aromatic heterocycles. The summed E-state index contributed by atoms with van der Waals surface area (Å²) in [6.07, 6.45) is 6.45. The number of aromatic nitrogens is 1. The van der Waals surface area contributed by atoms with Crippen LogP contribution in [0.2, 0.25) is 0 Å². The van der Waals surface area contributed by atoms with Gasteiger partial charge < -0.3 is 9.88 Å². The van der Waals surface area contributed by atoms with E-state index in [1.54, 1.807) is 0 Å². The average Bonchev–Trinajstić information content (AvgIpc) is 3.31. The van der Waals surface area contributed by atoms with E-state index in [0.717, 1.165) is 39.3 Å². The Morgan fingerprint density at radius 3 is 2.30 bits per heavy atom. The lowest BCUT2D eigenvalue weighted by Gasteiger charge is -2.14. The molecule has 6 aromatic rings. The number of nitrogens with one attached hydrogen (secondary N) is 1. The summed E-state index contributed by atoms with van der Waals surface area (Å²) in [5, 5.41) is 6.07. The molecule has 0 bridgehead atoms. The van der Waals surface area contributed by atoms with Crippen LogP contribution >= 0.6 is 0 Å². The van der Waals surface area contributed by atoms with Crippen molar-refractivity contribution >= 4 is 44.3 Å². The second-order valence-electron chi connectivity index (χ2n) is 10.1. The predicted octanol–water partition coefficient (Wildman–Crippen LogP) is 10.5. The highest BCUT2D eigenvalue weighted by Crippen LogP contribution is 2.35. The van der Waals surface area contributed by atoms with E-state index >= 15 is 0 Å². The minimum atomic E-state index is 0.954. The minimum absolute atomic E-state index is 0.954. The summed E-state index contributed by atoms with van der Waals surface area (Å²) in [6, 6.07) is 42.8. The van der Waals surface area contributed by atoms with Gasteiger partial charge in [0.2, 0.25) is 0 Å². The van der Waals surface area contributed by atoms with Crippen molar-refractivity contribution in [1.82, 2.24) is 4.57 Å². The maximum atomic E-state index is 4.49. The van der Waals surface area contributed by atoms with Crippen molar-refractivity contribution in [3.8, 4) is 5.69 Å². The summed E-state index contributed by atoms with van der Waals surface area (Å²) in [6.45, 7) is 8.66. The zero-order valence-electron chi connectivity index (χ0n) is 22.9. The van der Waals surface area contributed by atoms with Crippen LogP contribution in [0.15, 0.2) is 146 Å². The molecule has 194 valence electrons. The molecule has 0 aliphatic heterocycles.